The number of nitro benzene ring substituents is 1. The van der Waals surface area contributed by atoms with Crippen molar-refractivity contribution >= 4 is 11.4 Å². The standard InChI is InChI=1S/C12H16FN3O2/c13-9-6-11(8-12(7-9)16(17)18)15-5-3-10-2-1-4-14-10/h6-8,10,14-15H,1-5H2. The molecule has 0 spiro atoms. The highest BCUT2D eigenvalue weighted by Gasteiger charge is 2.14. The maximum absolute atomic E-state index is 13.2. The van der Waals surface area contributed by atoms with Crippen molar-refractivity contribution in [2.24, 2.45) is 0 Å². The molecule has 2 N–H and O–H groups in total. The Morgan fingerprint density at radius 2 is 2.33 bits per heavy atom. The smallest absolute Gasteiger partial charge is 0.274 e. The van der Waals surface area contributed by atoms with Crippen molar-refractivity contribution < 1.29 is 9.31 Å². The molecule has 1 aliphatic heterocycles. The van der Waals surface area contributed by atoms with Crippen LogP contribution in [0.5, 0.6) is 0 Å². The van der Waals surface area contributed by atoms with Crippen molar-refractivity contribution in [2.45, 2.75) is 25.3 Å². The molecule has 0 bridgehead atoms. The third-order valence-corrected chi connectivity index (χ3v) is 3.08. The number of hydrogen-bond donors (Lipinski definition) is 2. The summed E-state index contributed by atoms with van der Waals surface area (Å²) in [5.41, 5.74) is 0.233. The van der Waals surface area contributed by atoms with Crippen LogP contribution in [0.15, 0.2) is 18.2 Å². The number of anilines is 1. The van der Waals surface area contributed by atoms with Gasteiger partial charge in [-0.1, -0.05) is 0 Å². The summed E-state index contributed by atoms with van der Waals surface area (Å²) in [4.78, 5) is 10.00. The third kappa shape index (κ3) is 3.40. The number of non-ortho nitro benzene ring substituents is 1. The maximum atomic E-state index is 13.2. The molecular weight excluding hydrogens is 237 g/mol. The molecule has 1 saturated heterocycles. The second-order valence-corrected chi connectivity index (χ2v) is 4.46. The number of hydrogen-bond acceptors (Lipinski definition) is 4. The lowest BCUT2D eigenvalue weighted by Crippen LogP contribution is -2.24. The Bertz CT molecular complexity index is 433. The van der Waals surface area contributed by atoms with Gasteiger partial charge in [0.2, 0.25) is 0 Å². The highest BCUT2D eigenvalue weighted by Crippen LogP contribution is 2.20. The van der Waals surface area contributed by atoms with Crippen LogP contribution in [-0.4, -0.2) is 24.1 Å². The van der Waals surface area contributed by atoms with Crippen LogP contribution in [0.3, 0.4) is 0 Å². The minimum atomic E-state index is -0.592. The normalized spacial score (nSPS) is 18.8. The Kier molecular flexibility index (Phi) is 4.09. The second kappa shape index (κ2) is 5.77. The van der Waals surface area contributed by atoms with Crippen LogP contribution in [0.2, 0.25) is 0 Å². The lowest BCUT2D eigenvalue weighted by molar-refractivity contribution is -0.385. The first kappa shape index (κ1) is 12.8. The zero-order valence-corrected chi connectivity index (χ0v) is 9.99. The van der Waals surface area contributed by atoms with Gasteiger partial charge in [-0.3, -0.25) is 10.1 Å². The summed E-state index contributed by atoms with van der Waals surface area (Å²) < 4.78 is 13.2. The van der Waals surface area contributed by atoms with Crippen LogP contribution in [-0.2, 0) is 0 Å². The molecule has 0 saturated carbocycles. The van der Waals surface area contributed by atoms with Crippen LogP contribution in [0.25, 0.3) is 0 Å². The molecule has 1 aromatic rings. The van der Waals surface area contributed by atoms with E-state index < -0.39 is 10.7 Å². The Balaban J connectivity index is 1.89. The lowest BCUT2D eigenvalue weighted by Gasteiger charge is -2.11. The monoisotopic (exact) mass is 253 g/mol. The third-order valence-electron chi connectivity index (χ3n) is 3.08. The van der Waals surface area contributed by atoms with Gasteiger partial charge in [0.15, 0.2) is 0 Å². The van der Waals surface area contributed by atoms with Crippen molar-refractivity contribution in [3.63, 3.8) is 0 Å². The minimum absolute atomic E-state index is 0.225. The van der Waals surface area contributed by atoms with Crippen molar-refractivity contribution in [3.8, 4) is 0 Å². The summed E-state index contributed by atoms with van der Waals surface area (Å²) in [6.45, 7) is 1.73. The predicted molar refractivity (Wildman–Crippen MR) is 67.2 cm³/mol. The molecule has 1 aromatic carbocycles. The number of nitro groups is 1. The zero-order valence-electron chi connectivity index (χ0n) is 9.99. The molecule has 2 rings (SSSR count). The van der Waals surface area contributed by atoms with Crippen LogP contribution < -0.4 is 10.6 Å². The summed E-state index contributed by atoms with van der Waals surface area (Å²) in [6, 6.07) is 4.05. The average molecular weight is 253 g/mol. The molecule has 1 aliphatic rings. The Labute approximate surface area is 105 Å². The summed E-state index contributed by atoms with van der Waals surface area (Å²) in [7, 11) is 0. The molecule has 1 atom stereocenters. The van der Waals surface area contributed by atoms with Gasteiger partial charge >= 0.3 is 0 Å². The molecule has 0 aliphatic carbocycles. The van der Waals surface area contributed by atoms with E-state index in [1.807, 2.05) is 0 Å². The fourth-order valence-corrected chi connectivity index (χ4v) is 2.18. The number of halogens is 1. The van der Waals surface area contributed by atoms with Crippen molar-refractivity contribution in [1.29, 1.82) is 0 Å². The van der Waals surface area contributed by atoms with Gasteiger partial charge in [0.25, 0.3) is 5.69 Å². The van der Waals surface area contributed by atoms with E-state index in [9.17, 15) is 14.5 Å². The highest BCUT2D eigenvalue weighted by molar-refractivity contribution is 5.51. The van der Waals surface area contributed by atoms with Crippen molar-refractivity contribution in [1.82, 2.24) is 5.32 Å². The van der Waals surface area contributed by atoms with Crippen molar-refractivity contribution in [3.05, 3.63) is 34.1 Å². The quantitative estimate of drug-likeness (QED) is 0.624. The van der Waals surface area contributed by atoms with Crippen molar-refractivity contribution in [2.75, 3.05) is 18.4 Å². The topological polar surface area (TPSA) is 67.2 Å². The summed E-state index contributed by atoms with van der Waals surface area (Å²) in [5, 5.41) is 17.0. The Hall–Kier alpha value is -1.69. The van der Waals surface area contributed by atoms with Gasteiger partial charge in [-0.2, -0.15) is 0 Å². The molecule has 1 fully saturated rings. The van der Waals surface area contributed by atoms with Gasteiger partial charge in [0.05, 0.1) is 11.0 Å². The van der Waals surface area contributed by atoms with E-state index in [0.29, 0.717) is 18.3 Å². The van der Waals surface area contributed by atoms with E-state index in [1.54, 1.807) is 0 Å². The van der Waals surface area contributed by atoms with Gasteiger partial charge in [-0.05, 0) is 31.9 Å². The molecule has 0 radical (unpaired) electrons. The molecular formula is C12H16FN3O2. The van der Waals surface area contributed by atoms with E-state index in [-0.39, 0.29) is 5.69 Å². The molecule has 6 heteroatoms. The average Bonchev–Trinajstić information content (AvgIpc) is 2.81. The first-order valence-corrected chi connectivity index (χ1v) is 6.07. The van der Waals surface area contributed by atoms with Crippen LogP contribution >= 0.6 is 0 Å². The first-order valence-electron chi connectivity index (χ1n) is 6.07. The Morgan fingerprint density at radius 3 is 3.00 bits per heavy atom. The van der Waals surface area contributed by atoms with Crippen LogP contribution in [0.4, 0.5) is 15.8 Å². The first-order chi connectivity index (χ1) is 8.65. The maximum Gasteiger partial charge on any atom is 0.274 e. The van der Waals surface area contributed by atoms with Crippen LogP contribution in [0, 0.1) is 15.9 Å². The fraction of sp³-hybridized carbons (Fsp3) is 0.500. The van der Waals surface area contributed by atoms with E-state index in [2.05, 4.69) is 10.6 Å². The van der Waals surface area contributed by atoms with Gasteiger partial charge in [-0.25, -0.2) is 4.39 Å². The van der Waals surface area contributed by atoms with Crippen LogP contribution in [0.1, 0.15) is 19.3 Å². The molecule has 0 amide bonds. The van der Waals surface area contributed by atoms with Gasteiger partial charge in [0.1, 0.15) is 5.82 Å². The second-order valence-electron chi connectivity index (χ2n) is 4.46. The Morgan fingerprint density at radius 1 is 1.50 bits per heavy atom. The molecule has 1 unspecified atom stereocenters. The summed E-state index contributed by atoms with van der Waals surface area (Å²) in [6.07, 6.45) is 3.28. The minimum Gasteiger partial charge on any atom is -0.385 e. The van der Waals surface area contributed by atoms with Gasteiger partial charge < -0.3 is 10.6 Å². The van der Waals surface area contributed by atoms with Gasteiger partial charge in [-0.15, -0.1) is 0 Å². The molecule has 98 valence electrons. The van der Waals surface area contributed by atoms with E-state index in [4.69, 9.17) is 0 Å². The molecule has 18 heavy (non-hydrogen) atoms. The lowest BCUT2D eigenvalue weighted by atomic mass is 10.1. The largest absolute Gasteiger partial charge is 0.385 e. The van der Waals surface area contributed by atoms with Gasteiger partial charge in [0, 0.05) is 24.3 Å². The van der Waals surface area contributed by atoms with E-state index in [0.717, 1.165) is 25.5 Å². The zero-order chi connectivity index (χ0) is 13.0. The SMILES string of the molecule is O=[N+]([O-])c1cc(F)cc(NCCC2CCCN2)c1. The van der Waals surface area contributed by atoms with E-state index >= 15 is 0 Å². The summed E-state index contributed by atoms with van der Waals surface area (Å²) >= 11 is 0. The van der Waals surface area contributed by atoms with E-state index in [1.165, 1.54) is 18.6 Å². The summed E-state index contributed by atoms with van der Waals surface area (Å²) in [5.74, 6) is -0.592. The molecule has 5 nitrogen and oxygen atoms in total. The number of nitrogens with one attached hydrogen (secondary N) is 2. The fourth-order valence-electron chi connectivity index (χ4n) is 2.18. The predicted octanol–water partition coefficient (Wildman–Crippen LogP) is 2.29. The highest BCUT2D eigenvalue weighted by atomic mass is 19.1. The molecule has 0 aromatic heterocycles. The molecule has 1 heterocycles. The number of benzene rings is 1. The number of nitrogens with zero attached hydrogens (tertiary/aromatic N) is 1. The number of rotatable bonds is 5.